The predicted molar refractivity (Wildman–Crippen MR) is 66.5 cm³/mol. The molecule has 4 aliphatic carbocycles. The number of nitrogens with two attached hydrogens (primary N) is 1. The molecule has 0 amide bonds. The van der Waals surface area contributed by atoms with E-state index in [0.29, 0.717) is 25.0 Å². The zero-order chi connectivity index (χ0) is 11.9. The largest absolute Gasteiger partial charge is 0.396 e. The fourth-order valence-corrected chi connectivity index (χ4v) is 4.94. The first-order valence-electron chi connectivity index (χ1n) is 7.23. The summed E-state index contributed by atoms with van der Waals surface area (Å²) in [5, 5.41) is 8.89. The molecule has 0 spiro atoms. The Bertz CT molecular complexity index is 251. The molecule has 0 radical (unpaired) electrons. The summed E-state index contributed by atoms with van der Waals surface area (Å²) in [4.78, 5) is 0. The van der Waals surface area contributed by atoms with Gasteiger partial charge in [0.1, 0.15) is 0 Å². The molecule has 0 aliphatic heterocycles. The van der Waals surface area contributed by atoms with Crippen LogP contribution in [0.1, 0.15) is 38.5 Å². The number of hydrogen-bond donors (Lipinski definition) is 2. The second-order valence-corrected chi connectivity index (χ2v) is 6.39. The molecule has 0 aromatic heterocycles. The molecule has 0 unspecified atom stereocenters. The van der Waals surface area contributed by atoms with E-state index in [-0.39, 0.29) is 12.2 Å². The van der Waals surface area contributed by atoms with Gasteiger partial charge in [0.15, 0.2) is 0 Å². The quantitative estimate of drug-likeness (QED) is 0.716. The van der Waals surface area contributed by atoms with E-state index >= 15 is 0 Å². The Balaban J connectivity index is 1.74. The lowest BCUT2D eigenvalue weighted by Gasteiger charge is -2.60. The summed E-state index contributed by atoms with van der Waals surface area (Å²) in [6.07, 6.45) is 7.55. The zero-order valence-corrected chi connectivity index (χ0v) is 10.6. The minimum absolute atomic E-state index is 0.0391. The average Bonchev–Trinajstić information content (AvgIpc) is 2.32. The number of aliphatic hydroxyl groups is 1. The predicted octanol–water partition coefficient (Wildman–Crippen LogP) is 1.54. The zero-order valence-electron chi connectivity index (χ0n) is 10.6. The van der Waals surface area contributed by atoms with Crippen LogP contribution in [-0.4, -0.2) is 30.5 Å². The van der Waals surface area contributed by atoms with Gasteiger partial charge in [-0.25, -0.2) is 0 Å². The Morgan fingerprint density at radius 1 is 1.06 bits per heavy atom. The molecule has 0 aromatic rings. The highest BCUT2D eigenvalue weighted by molar-refractivity contribution is 5.08. The SMILES string of the molecule is NCC1(OCCCO)C2CC3CC(C2)CC1C3. The Labute approximate surface area is 104 Å². The van der Waals surface area contributed by atoms with Gasteiger partial charge in [0.2, 0.25) is 0 Å². The van der Waals surface area contributed by atoms with E-state index < -0.39 is 0 Å². The van der Waals surface area contributed by atoms with Gasteiger partial charge in [0, 0.05) is 19.8 Å². The molecule has 0 atom stereocenters. The normalized spacial score (nSPS) is 47.6. The van der Waals surface area contributed by atoms with Crippen LogP contribution >= 0.6 is 0 Å². The number of hydrogen-bond acceptors (Lipinski definition) is 3. The van der Waals surface area contributed by atoms with Crippen LogP contribution < -0.4 is 5.73 Å². The van der Waals surface area contributed by atoms with Crippen molar-refractivity contribution in [2.24, 2.45) is 29.4 Å². The molecule has 4 rings (SSSR count). The van der Waals surface area contributed by atoms with Gasteiger partial charge in [-0.05, 0) is 62.2 Å². The molecule has 4 saturated carbocycles. The molecule has 0 aromatic carbocycles. The molecular weight excluding hydrogens is 214 g/mol. The van der Waals surface area contributed by atoms with Crippen molar-refractivity contribution in [3.63, 3.8) is 0 Å². The van der Waals surface area contributed by atoms with Crippen molar-refractivity contribution >= 4 is 0 Å². The first kappa shape index (κ1) is 11.9. The summed E-state index contributed by atoms with van der Waals surface area (Å²) in [6, 6.07) is 0. The van der Waals surface area contributed by atoms with E-state index in [1.54, 1.807) is 0 Å². The van der Waals surface area contributed by atoms with Crippen LogP contribution in [0.3, 0.4) is 0 Å². The summed E-state index contributed by atoms with van der Waals surface area (Å²) in [7, 11) is 0. The van der Waals surface area contributed by atoms with E-state index in [1.807, 2.05) is 0 Å². The lowest BCUT2D eigenvalue weighted by atomic mass is 9.49. The Morgan fingerprint density at radius 2 is 1.65 bits per heavy atom. The van der Waals surface area contributed by atoms with Crippen LogP contribution in [0.2, 0.25) is 0 Å². The smallest absolute Gasteiger partial charge is 0.0860 e. The molecule has 4 aliphatic rings. The summed E-state index contributed by atoms with van der Waals surface area (Å²) in [5.74, 6) is 3.31. The molecule has 0 heterocycles. The molecule has 3 N–H and O–H groups in total. The van der Waals surface area contributed by atoms with Gasteiger partial charge in [-0.1, -0.05) is 0 Å². The van der Waals surface area contributed by atoms with Crippen molar-refractivity contribution in [3.05, 3.63) is 0 Å². The van der Waals surface area contributed by atoms with Gasteiger partial charge in [0.05, 0.1) is 5.60 Å². The highest BCUT2D eigenvalue weighted by atomic mass is 16.5. The van der Waals surface area contributed by atoms with E-state index in [1.165, 1.54) is 32.1 Å². The van der Waals surface area contributed by atoms with Gasteiger partial charge in [-0.2, -0.15) is 0 Å². The molecule has 98 valence electrons. The van der Waals surface area contributed by atoms with Gasteiger partial charge in [-0.15, -0.1) is 0 Å². The molecule has 4 bridgehead atoms. The lowest BCUT2D eigenvalue weighted by Crippen LogP contribution is -2.62. The van der Waals surface area contributed by atoms with Crippen LogP contribution in [0, 0.1) is 23.7 Å². The maximum Gasteiger partial charge on any atom is 0.0860 e. The van der Waals surface area contributed by atoms with Gasteiger partial charge >= 0.3 is 0 Å². The van der Waals surface area contributed by atoms with E-state index in [4.69, 9.17) is 15.6 Å². The van der Waals surface area contributed by atoms with E-state index in [0.717, 1.165) is 18.3 Å². The minimum atomic E-state index is -0.0391. The number of ether oxygens (including phenoxy) is 1. The van der Waals surface area contributed by atoms with Crippen LogP contribution in [0.15, 0.2) is 0 Å². The van der Waals surface area contributed by atoms with Crippen molar-refractivity contribution in [1.29, 1.82) is 0 Å². The fraction of sp³-hybridized carbons (Fsp3) is 1.00. The lowest BCUT2D eigenvalue weighted by molar-refractivity contribution is -0.199. The summed E-state index contributed by atoms with van der Waals surface area (Å²) < 4.78 is 6.21. The summed E-state index contributed by atoms with van der Waals surface area (Å²) in [5.41, 5.74) is 6.04. The minimum Gasteiger partial charge on any atom is -0.396 e. The first-order valence-corrected chi connectivity index (χ1v) is 7.23. The Morgan fingerprint density at radius 3 is 2.12 bits per heavy atom. The molecule has 4 fully saturated rings. The van der Waals surface area contributed by atoms with Crippen LogP contribution in [0.4, 0.5) is 0 Å². The van der Waals surface area contributed by atoms with Gasteiger partial charge in [0.25, 0.3) is 0 Å². The maximum absolute atomic E-state index is 8.89. The molecule has 3 nitrogen and oxygen atoms in total. The van der Waals surface area contributed by atoms with Gasteiger partial charge < -0.3 is 15.6 Å². The topological polar surface area (TPSA) is 55.5 Å². The van der Waals surface area contributed by atoms with Crippen LogP contribution in [-0.2, 0) is 4.74 Å². The van der Waals surface area contributed by atoms with E-state index in [9.17, 15) is 0 Å². The second kappa shape index (κ2) is 4.52. The monoisotopic (exact) mass is 239 g/mol. The van der Waals surface area contributed by atoms with Crippen molar-refractivity contribution in [3.8, 4) is 0 Å². The summed E-state index contributed by atoms with van der Waals surface area (Å²) in [6.45, 7) is 1.57. The molecule has 0 saturated heterocycles. The van der Waals surface area contributed by atoms with E-state index in [2.05, 4.69) is 0 Å². The fourth-order valence-electron chi connectivity index (χ4n) is 4.94. The molecule has 17 heavy (non-hydrogen) atoms. The summed E-state index contributed by atoms with van der Waals surface area (Å²) >= 11 is 0. The van der Waals surface area contributed by atoms with Gasteiger partial charge in [-0.3, -0.25) is 0 Å². The molecular formula is C14H25NO2. The van der Waals surface area contributed by atoms with Crippen molar-refractivity contribution < 1.29 is 9.84 Å². The highest BCUT2D eigenvalue weighted by Crippen LogP contribution is 2.59. The molecule has 3 heteroatoms. The second-order valence-electron chi connectivity index (χ2n) is 6.39. The third-order valence-electron chi connectivity index (χ3n) is 5.51. The van der Waals surface area contributed by atoms with Crippen molar-refractivity contribution in [2.45, 2.75) is 44.1 Å². The number of aliphatic hydroxyl groups excluding tert-OH is 1. The Kier molecular flexibility index (Phi) is 3.18. The highest BCUT2D eigenvalue weighted by Gasteiger charge is 2.57. The van der Waals surface area contributed by atoms with Crippen LogP contribution in [0.5, 0.6) is 0 Å². The first-order chi connectivity index (χ1) is 8.28. The average molecular weight is 239 g/mol. The van der Waals surface area contributed by atoms with Crippen LogP contribution in [0.25, 0.3) is 0 Å². The van der Waals surface area contributed by atoms with Crippen molar-refractivity contribution in [2.75, 3.05) is 19.8 Å². The standard InChI is InChI=1S/C14H25NO2/c15-9-14(17-3-1-2-16)12-5-10-4-11(7-12)8-13(14)6-10/h10-13,16H,1-9,15H2. The third kappa shape index (κ3) is 1.83. The number of rotatable bonds is 5. The third-order valence-corrected chi connectivity index (χ3v) is 5.51. The Hall–Kier alpha value is -0.120. The van der Waals surface area contributed by atoms with Crippen molar-refractivity contribution in [1.82, 2.24) is 0 Å². The maximum atomic E-state index is 8.89.